The molecular formula is C14H15ClF3N3O3. The van der Waals surface area contributed by atoms with Gasteiger partial charge in [0, 0.05) is 11.6 Å². The normalized spacial score (nSPS) is 20.7. The lowest BCUT2D eigenvalue weighted by atomic mass is 9.95. The van der Waals surface area contributed by atoms with Gasteiger partial charge in [-0.05, 0) is 17.7 Å². The number of halogens is 4. The van der Waals surface area contributed by atoms with Crippen molar-refractivity contribution in [2.24, 2.45) is 5.92 Å². The number of esters is 1. The lowest BCUT2D eigenvalue weighted by Crippen LogP contribution is -2.37. The van der Waals surface area contributed by atoms with Crippen molar-refractivity contribution in [1.29, 1.82) is 0 Å². The van der Waals surface area contributed by atoms with Gasteiger partial charge >= 0.3 is 12.1 Å². The Kier molecular flexibility index (Phi) is 6.03. The summed E-state index contributed by atoms with van der Waals surface area (Å²) in [6, 6.07) is 6.42. The van der Waals surface area contributed by atoms with Crippen LogP contribution in [0.15, 0.2) is 24.3 Å². The van der Waals surface area contributed by atoms with E-state index in [4.69, 9.17) is 16.3 Å². The lowest BCUT2D eigenvalue weighted by molar-refractivity contribution is -0.154. The number of alkyl halides is 3. The molecule has 1 amide bonds. The molecule has 1 aromatic carbocycles. The van der Waals surface area contributed by atoms with Crippen LogP contribution in [0.2, 0.25) is 5.02 Å². The molecule has 6 nitrogen and oxygen atoms in total. The molecule has 10 heteroatoms. The molecule has 2 unspecified atom stereocenters. The van der Waals surface area contributed by atoms with E-state index in [-0.39, 0.29) is 6.54 Å². The van der Waals surface area contributed by atoms with Gasteiger partial charge in [-0.1, -0.05) is 23.7 Å². The van der Waals surface area contributed by atoms with Crippen molar-refractivity contribution in [3.63, 3.8) is 0 Å². The summed E-state index contributed by atoms with van der Waals surface area (Å²) < 4.78 is 40.7. The number of amides is 1. The van der Waals surface area contributed by atoms with Gasteiger partial charge < -0.3 is 10.1 Å². The zero-order chi connectivity index (χ0) is 17.7. The van der Waals surface area contributed by atoms with E-state index in [0.29, 0.717) is 5.02 Å². The molecule has 0 aliphatic carbocycles. The number of rotatable bonds is 5. The van der Waals surface area contributed by atoms with Crippen LogP contribution in [-0.4, -0.2) is 37.7 Å². The smallest absolute Gasteiger partial charge is 0.405 e. The molecule has 1 fully saturated rings. The molecule has 2 atom stereocenters. The van der Waals surface area contributed by atoms with E-state index in [9.17, 15) is 22.8 Å². The summed E-state index contributed by atoms with van der Waals surface area (Å²) in [4.78, 5) is 23.3. The molecule has 1 aliphatic rings. The van der Waals surface area contributed by atoms with Gasteiger partial charge in [0.2, 0.25) is 0 Å². The van der Waals surface area contributed by atoms with Gasteiger partial charge in [0.1, 0.15) is 6.54 Å². The van der Waals surface area contributed by atoms with Crippen LogP contribution in [0.4, 0.5) is 13.2 Å². The van der Waals surface area contributed by atoms with Crippen molar-refractivity contribution >= 4 is 23.5 Å². The highest BCUT2D eigenvalue weighted by atomic mass is 35.5. The highest BCUT2D eigenvalue weighted by molar-refractivity contribution is 6.30. The Balaban J connectivity index is 1.87. The molecule has 0 saturated carbocycles. The minimum atomic E-state index is -4.52. The Morgan fingerprint density at radius 2 is 1.96 bits per heavy atom. The summed E-state index contributed by atoms with van der Waals surface area (Å²) in [5, 5.41) is 2.18. The third kappa shape index (κ3) is 5.36. The molecule has 1 saturated heterocycles. The number of ether oxygens (including phenoxy) is 1. The lowest BCUT2D eigenvalue weighted by Gasteiger charge is -2.17. The topological polar surface area (TPSA) is 79.5 Å². The monoisotopic (exact) mass is 365 g/mol. The molecule has 0 spiro atoms. The quantitative estimate of drug-likeness (QED) is 0.686. The Labute approximate surface area is 140 Å². The molecule has 24 heavy (non-hydrogen) atoms. The first kappa shape index (κ1) is 18.5. The van der Waals surface area contributed by atoms with Crippen LogP contribution < -0.4 is 16.2 Å². The molecule has 3 N–H and O–H groups in total. The van der Waals surface area contributed by atoms with E-state index < -0.39 is 43.2 Å². The van der Waals surface area contributed by atoms with Gasteiger partial charge in [0.25, 0.3) is 5.91 Å². The number of nitrogens with one attached hydrogen (secondary N) is 3. The van der Waals surface area contributed by atoms with Crippen LogP contribution in [0.5, 0.6) is 0 Å². The van der Waals surface area contributed by atoms with E-state index in [0.717, 1.165) is 5.56 Å². The van der Waals surface area contributed by atoms with Crippen LogP contribution in [-0.2, 0) is 14.3 Å². The van der Waals surface area contributed by atoms with Gasteiger partial charge in [-0.15, -0.1) is 0 Å². The maximum absolute atomic E-state index is 12.1. The van der Waals surface area contributed by atoms with E-state index in [1.807, 2.05) is 0 Å². The molecule has 132 valence electrons. The Bertz CT molecular complexity index is 595. The van der Waals surface area contributed by atoms with E-state index in [1.165, 1.54) is 0 Å². The largest absolute Gasteiger partial charge is 0.455 e. The summed E-state index contributed by atoms with van der Waals surface area (Å²) in [7, 11) is 0. The van der Waals surface area contributed by atoms with Crippen molar-refractivity contribution < 1.29 is 27.5 Å². The summed E-state index contributed by atoms with van der Waals surface area (Å²) in [5.41, 5.74) is 6.51. The SMILES string of the molecule is O=C(COC(=O)C1CNNC1c1ccc(Cl)cc1)NCC(F)(F)F. The van der Waals surface area contributed by atoms with E-state index >= 15 is 0 Å². The number of carbonyl (C=O) groups excluding carboxylic acids is 2. The van der Waals surface area contributed by atoms with Crippen LogP contribution in [0.1, 0.15) is 11.6 Å². The summed E-state index contributed by atoms with van der Waals surface area (Å²) in [6.45, 7) is -1.97. The number of carbonyl (C=O) groups is 2. The average molecular weight is 366 g/mol. The van der Waals surface area contributed by atoms with Gasteiger partial charge in [-0.3, -0.25) is 15.0 Å². The third-order valence-electron chi connectivity index (χ3n) is 3.35. The van der Waals surface area contributed by atoms with Gasteiger partial charge in [0.05, 0.1) is 12.0 Å². The van der Waals surface area contributed by atoms with E-state index in [1.54, 1.807) is 29.6 Å². The minimum absolute atomic E-state index is 0.260. The highest BCUT2D eigenvalue weighted by Crippen LogP contribution is 2.26. The first-order valence-electron chi connectivity index (χ1n) is 7.00. The van der Waals surface area contributed by atoms with Crippen molar-refractivity contribution in [3.05, 3.63) is 34.9 Å². The number of benzene rings is 1. The number of hydrogen-bond acceptors (Lipinski definition) is 5. The predicted molar refractivity (Wildman–Crippen MR) is 78.8 cm³/mol. The van der Waals surface area contributed by atoms with Crippen LogP contribution in [0.3, 0.4) is 0 Å². The maximum Gasteiger partial charge on any atom is 0.405 e. The third-order valence-corrected chi connectivity index (χ3v) is 3.60. The molecule has 1 aliphatic heterocycles. The van der Waals surface area contributed by atoms with Crippen molar-refractivity contribution in [1.82, 2.24) is 16.2 Å². The fourth-order valence-corrected chi connectivity index (χ4v) is 2.32. The molecular weight excluding hydrogens is 351 g/mol. The maximum atomic E-state index is 12.1. The minimum Gasteiger partial charge on any atom is -0.455 e. The zero-order valence-electron chi connectivity index (χ0n) is 12.3. The van der Waals surface area contributed by atoms with Crippen molar-refractivity contribution in [3.8, 4) is 0 Å². The second-order valence-electron chi connectivity index (χ2n) is 5.16. The van der Waals surface area contributed by atoms with Gasteiger partial charge in [-0.25, -0.2) is 5.43 Å². The van der Waals surface area contributed by atoms with Crippen LogP contribution in [0, 0.1) is 5.92 Å². The van der Waals surface area contributed by atoms with Gasteiger partial charge in [-0.2, -0.15) is 13.2 Å². The Morgan fingerprint density at radius 1 is 1.29 bits per heavy atom. The molecule has 0 bridgehead atoms. The van der Waals surface area contributed by atoms with Crippen molar-refractivity contribution in [2.45, 2.75) is 12.2 Å². The molecule has 1 aromatic rings. The number of hydrazine groups is 1. The van der Waals surface area contributed by atoms with Gasteiger partial charge in [0.15, 0.2) is 6.61 Å². The standard InChI is InChI=1S/C14H15ClF3N3O3/c15-9-3-1-8(2-4-9)12-10(5-20-21-12)13(23)24-6-11(22)19-7-14(16,17)18/h1-4,10,12,20-21H,5-7H2,(H,19,22). The predicted octanol–water partition coefficient (Wildman–Crippen LogP) is 1.33. The van der Waals surface area contributed by atoms with E-state index in [2.05, 4.69) is 10.9 Å². The summed E-state index contributed by atoms with van der Waals surface area (Å²) in [6.07, 6.45) is -4.52. The average Bonchev–Trinajstić information content (AvgIpc) is 3.00. The fraction of sp³-hybridized carbons (Fsp3) is 0.429. The number of hydrogen-bond donors (Lipinski definition) is 3. The van der Waals surface area contributed by atoms with Crippen LogP contribution in [0.25, 0.3) is 0 Å². The first-order chi connectivity index (χ1) is 11.3. The highest BCUT2D eigenvalue weighted by Gasteiger charge is 2.35. The Morgan fingerprint density at radius 3 is 2.58 bits per heavy atom. The first-order valence-corrected chi connectivity index (χ1v) is 7.38. The molecule has 2 rings (SSSR count). The zero-order valence-corrected chi connectivity index (χ0v) is 13.1. The summed E-state index contributed by atoms with van der Waals surface area (Å²) in [5.74, 6) is -2.32. The second-order valence-corrected chi connectivity index (χ2v) is 5.60. The van der Waals surface area contributed by atoms with Crippen LogP contribution >= 0.6 is 11.6 Å². The summed E-state index contributed by atoms with van der Waals surface area (Å²) >= 11 is 5.81. The fourth-order valence-electron chi connectivity index (χ4n) is 2.20. The Hall–Kier alpha value is -1.84. The van der Waals surface area contributed by atoms with Crippen molar-refractivity contribution in [2.75, 3.05) is 19.7 Å². The molecule has 0 radical (unpaired) electrons. The molecule has 0 aromatic heterocycles. The second kappa shape index (κ2) is 7.82. The molecule has 1 heterocycles.